The summed E-state index contributed by atoms with van der Waals surface area (Å²) < 4.78 is 0. The van der Waals surface area contributed by atoms with E-state index in [-0.39, 0.29) is 17.6 Å². The minimum atomic E-state index is -0.0391. The minimum absolute atomic E-state index is 0.0391. The maximum Gasteiger partial charge on any atom is 0.253 e. The number of hydrogen-bond donors (Lipinski definition) is 2. The molecule has 17 heavy (non-hydrogen) atoms. The number of carbonyl (C=O) groups is 1. The highest BCUT2D eigenvalue weighted by molar-refractivity contribution is 5.95. The fourth-order valence-corrected chi connectivity index (χ4v) is 1.72. The molecule has 1 rings (SSSR count). The summed E-state index contributed by atoms with van der Waals surface area (Å²) in [7, 11) is 1.76. The summed E-state index contributed by atoms with van der Waals surface area (Å²) in [6.45, 7) is 5.02. The quantitative estimate of drug-likeness (QED) is 0.829. The molecule has 0 heterocycles. The first-order valence-corrected chi connectivity index (χ1v) is 5.70. The molecular formula is C13H20N2O2. The van der Waals surface area contributed by atoms with E-state index in [0.717, 1.165) is 5.56 Å². The van der Waals surface area contributed by atoms with Gasteiger partial charge in [-0.3, -0.25) is 4.79 Å². The van der Waals surface area contributed by atoms with Crippen LogP contribution in [-0.2, 0) is 0 Å². The second-order valence-electron chi connectivity index (χ2n) is 4.53. The van der Waals surface area contributed by atoms with Gasteiger partial charge < -0.3 is 15.7 Å². The van der Waals surface area contributed by atoms with Gasteiger partial charge in [0.1, 0.15) is 5.75 Å². The van der Waals surface area contributed by atoms with Crippen LogP contribution in [0.25, 0.3) is 0 Å². The third-order valence-corrected chi connectivity index (χ3v) is 2.77. The van der Waals surface area contributed by atoms with Crippen molar-refractivity contribution in [2.75, 3.05) is 20.1 Å². The van der Waals surface area contributed by atoms with Crippen LogP contribution in [-0.4, -0.2) is 36.1 Å². The molecule has 0 aliphatic carbocycles. The van der Waals surface area contributed by atoms with Crippen LogP contribution < -0.4 is 5.73 Å². The van der Waals surface area contributed by atoms with Crippen molar-refractivity contribution < 1.29 is 9.90 Å². The van der Waals surface area contributed by atoms with Gasteiger partial charge in [-0.15, -0.1) is 0 Å². The minimum Gasteiger partial charge on any atom is -0.508 e. The molecule has 0 radical (unpaired) electrons. The van der Waals surface area contributed by atoms with Gasteiger partial charge in [-0.25, -0.2) is 0 Å². The van der Waals surface area contributed by atoms with Crippen molar-refractivity contribution in [3.05, 3.63) is 29.3 Å². The maximum atomic E-state index is 12.1. The monoisotopic (exact) mass is 236 g/mol. The van der Waals surface area contributed by atoms with E-state index in [1.165, 1.54) is 6.07 Å². The number of aryl methyl sites for hydroxylation is 1. The molecule has 0 saturated carbocycles. The molecule has 1 atom stereocenters. The molecule has 1 amide bonds. The highest BCUT2D eigenvalue weighted by Gasteiger charge is 2.15. The third kappa shape index (κ3) is 3.46. The molecule has 4 nitrogen and oxygen atoms in total. The summed E-state index contributed by atoms with van der Waals surface area (Å²) >= 11 is 0. The smallest absolute Gasteiger partial charge is 0.253 e. The third-order valence-electron chi connectivity index (χ3n) is 2.77. The zero-order chi connectivity index (χ0) is 13.0. The van der Waals surface area contributed by atoms with Crippen LogP contribution in [0.15, 0.2) is 18.2 Å². The Morgan fingerprint density at radius 3 is 2.71 bits per heavy atom. The van der Waals surface area contributed by atoms with Gasteiger partial charge >= 0.3 is 0 Å². The van der Waals surface area contributed by atoms with Gasteiger partial charge in [0.25, 0.3) is 5.91 Å². The first kappa shape index (κ1) is 13.5. The Hall–Kier alpha value is -1.55. The largest absolute Gasteiger partial charge is 0.508 e. The summed E-state index contributed by atoms with van der Waals surface area (Å²) in [6, 6.07) is 4.77. The van der Waals surface area contributed by atoms with Crippen LogP contribution in [0, 0.1) is 12.8 Å². The summed E-state index contributed by atoms with van der Waals surface area (Å²) in [5.41, 5.74) is 6.94. The first-order valence-electron chi connectivity index (χ1n) is 5.70. The average molecular weight is 236 g/mol. The average Bonchev–Trinajstić information content (AvgIpc) is 2.28. The van der Waals surface area contributed by atoms with E-state index in [2.05, 4.69) is 0 Å². The van der Waals surface area contributed by atoms with Gasteiger partial charge in [0, 0.05) is 19.2 Å². The Balaban J connectivity index is 2.81. The van der Waals surface area contributed by atoms with Crippen molar-refractivity contribution >= 4 is 5.91 Å². The number of benzene rings is 1. The molecule has 0 saturated heterocycles. The lowest BCUT2D eigenvalue weighted by Gasteiger charge is -2.21. The predicted molar refractivity (Wildman–Crippen MR) is 68.0 cm³/mol. The van der Waals surface area contributed by atoms with E-state index in [4.69, 9.17) is 5.73 Å². The summed E-state index contributed by atoms with van der Waals surface area (Å²) in [5, 5.41) is 9.30. The molecule has 4 heteroatoms. The van der Waals surface area contributed by atoms with Crippen molar-refractivity contribution in [2.45, 2.75) is 13.8 Å². The molecule has 1 aromatic carbocycles. The number of amides is 1. The van der Waals surface area contributed by atoms with Crippen molar-refractivity contribution in [2.24, 2.45) is 11.7 Å². The topological polar surface area (TPSA) is 66.6 Å². The number of phenolic OH excluding ortho intramolecular Hbond substituents is 1. The Kier molecular flexibility index (Phi) is 4.52. The number of nitrogens with two attached hydrogens (primary N) is 1. The predicted octanol–water partition coefficient (Wildman–Crippen LogP) is 1.37. The van der Waals surface area contributed by atoms with Crippen molar-refractivity contribution in [3.63, 3.8) is 0 Å². The Bertz CT molecular complexity index is 404. The van der Waals surface area contributed by atoms with Crippen LogP contribution >= 0.6 is 0 Å². The fraction of sp³-hybridized carbons (Fsp3) is 0.462. The molecule has 94 valence electrons. The standard InChI is InChI=1S/C13H20N2O2/c1-9(7-14)8-15(3)13(17)12-5-4-11(16)6-10(12)2/h4-6,9,16H,7-8,14H2,1-3H3. The normalized spacial score (nSPS) is 12.2. The number of rotatable bonds is 4. The van der Waals surface area contributed by atoms with E-state index in [1.54, 1.807) is 24.1 Å². The van der Waals surface area contributed by atoms with Crippen LogP contribution in [0.4, 0.5) is 0 Å². The maximum absolute atomic E-state index is 12.1. The Labute approximate surface area is 102 Å². The second-order valence-corrected chi connectivity index (χ2v) is 4.53. The molecule has 0 bridgehead atoms. The number of carbonyl (C=O) groups excluding carboxylic acids is 1. The van der Waals surface area contributed by atoms with E-state index in [0.29, 0.717) is 18.7 Å². The number of aromatic hydroxyl groups is 1. The molecule has 1 unspecified atom stereocenters. The van der Waals surface area contributed by atoms with Crippen molar-refractivity contribution in [3.8, 4) is 5.75 Å². The molecule has 0 fully saturated rings. The van der Waals surface area contributed by atoms with Crippen molar-refractivity contribution in [1.82, 2.24) is 4.90 Å². The lowest BCUT2D eigenvalue weighted by molar-refractivity contribution is 0.0776. The van der Waals surface area contributed by atoms with E-state index >= 15 is 0 Å². The Morgan fingerprint density at radius 2 is 2.18 bits per heavy atom. The first-order chi connectivity index (χ1) is 7.95. The highest BCUT2D eigenvalue weighted by Crippen LogP contribution is 2.17. The molecule has 0 aliphatic heterocycles. The van der Waals surface area contributed by atoms with Gasteiger partial charge in [-0.05, 0) is 43.1 Å². The summed E-state index contributed by atoms with van der Waals surface area (Å²) in [6.07, 6.45) is 0. The molecule has 0 spiro atoms. The fourth-order valence-electron chi connectivity index (χ4n) is 1.72. The highest BCUT2D eigenvalue weighted by atomic mass is 16.3. The van der Waals surface area contributed by atoms with Gasteiger partial charge in [-0.2, -0.15) is 0 Å². The Morgan fingerprint density at radius 1 is 1.53 bits per heavy atom. The molecule has 1 aromatic rings. The zero-order valence-electron chi connectivity index (χ0n) is 10.6. The molecule has 0 aromatic heterocycles. The van der Waals surface area contributed by atoms with E-state index in [1.807, 2.05) is 13.8 Å². The number of nitrogens with zero attached hydrogens (tertiary/aromatic N) is 1. The summed E-state index contributed by atoms with van der Waals surface area (Å²) in [5.74, 6) is 0.418. The molecule has 0 aliphatic rings. The van der Waals surface area contributed by atoms with Gasteiger partial charge in [0.2, 0.25) is 0 Å². The van der Waals surface area contributed by atoms with Gasteiger partial charge in [0.05, 0.1) is 0 Å². The van der Waals surface area contributed by atoms with Crippen LogP contribution in [0.1, 0.15) is 22.8 Å². The van der Waals surface area contributed by atoms with Crippen LogP contribution in [0.3, 0.4) is 0 Å². The van der Waals surface area contributed by atoms with Crippen molar-refractivity contribution in [1.29, 1.82) is 0 Å². The summed E-state index contributed by atoms with van der Waals surface area (Å²) in [4.78, 5) is 13.8. The number of hydrogen-bond acceptors (Lipinski definition) is 3. The van der Waals surface area contributed by atoms with E-state index in [9.17, 15) is 9.90 Å². The molecular weight excluding hydrogens is 216 g/mol. The second kappa shape index (κ2) is 5.68. The van der Waals surface area contributed by atoms with Crippen LogP contribution in [0.2, 0.25) is 0 Å². The van der Waals surface area contributed by atoms with Gasteiger partial charge in [0.15, 0.2) is 0 Å². The van der Waals surface area contributed by atoms with E-state index < -0.39 is 0 Å². The number of phenols is 1. The zero-order valence-corrected chi connectivity index (χ0v) is 10.6. The lowest BCUT2D eigenvalue weighted by Crippen LogP contribution is -2.33. The SMILES string of the molecule is Cc1cc(O)ccc1C(=O)N(C)CC(C)CN. The van der Waals surface area contributed by atoms with Crippen LogP contribution in [0.5, 0.6) is 5.75 Å². The van der Waals surface area contributed by atoms with Gasteiger partial charge in [-0.1, -0.05) is 6.92 Å². The molecule has 3 N–H and O–H groups in total. The lowest BCUT2D eigenvalue weighted by atomic mass is 10.1.